The molecule has 33 heavy (non-hydrogen) atoms. The van der Waals surface area contributed by atoms with Crippen molar-refractivity contribution in [3.05, 3.63) is 73.7 Å². The summed E-state index contributed by atoms with van der Waals surface area (Å²) in [6.07, 6.45) is 6.63. The highest BCUT2D eigenvalue weighted by atomic mass is 32.1. The van der Waals surface area contributed by atoms with Crippen molar-refractivity contribution in [2.75, 3.05) is 0 Å². The quantitative estimate of drug-likeness (QED) is 0.429. The Hall–Kier alpha value is -3.04. The first-order valence-electron chi connectivity index (χ1n) is 11.0. The third-order valence-corrected chi connectivity index (χ3v) is 8.51. The van der Waals surface area contributed by atoms with Gasteiger partial charge in [-0.1, -0.05) is 13.0 Å². The first-order valence-corrected chi connectivity index (χ1v) is 12.7. The topological polar surface area (TPSA) is 80.7 Å². The van der Waals surface area contributed by atoms with Crippen LogP contribution in [0.15, 0.2) is 56.5 Å². The van der Waals surface area contributed by atoms with Gasteiger partial charge in [-0.2, -0.15) is 5.10 Å². The molecule has 0 fully saturated rings. The molecule has 0 bridgehead atoms. The van der Waals surface area contributed by atoms with Crippen molar-refractivity contribution in [1.82, 2.24) is 14.6 Å². The number of carbonyl (C=O) groups excluding carboxylic acids is 1. The van der Waals surface area contributed by atoms with E-state index < -0.39 is 0 Å². The molecule has 7 nitrogen and oxygen atoms in total. The van der Waals surface area contributed by atoms with Crippen molar-refractivity contribution in [3.8, 4) is 0 Å². The van der Waals surface area contributed by atoms with E-state index in [2.05, 4.69) is 17.0 Å². The van der Waals surface area contributed by atoms with Crippen LogP contribution in [0.25, 0.3) is 10.2 Å². The highest BCUT2D eigenvalue weighted by molar-refractivity contribution is 7.18. The van der Waals surface area contributed by atoms with E-state index in [9.17, 15) is 9.59 Å². The van der Waals surface area contributed by atoms with Crippen LogP contribution < -0.4 is 5.56 Å². The number of hydrogen-bond acceptors (Lipinski definition) is 7. The van der Waals surface area contributed by atoms with Crippen LogP contribution in [0.5, 0.6) is 0 Å². The molecule has 2 aliphatic rings. The highest BCUT2D eigenvalue weighted by Gasteiger charge is 2.35. The Labute approximate surface area is 198 Å². The summed E-state index contributed by atoms with van der Waals surface area (Å²) in [7, 11) is 0. The summed E-state index contributed by atoms with van der Waals surface area (Å²) in [6.45, 7) is 2.13. The normalized spacial score (nSPS) is 20.3. The summed E-state index contributed by atoms with van der Waals surface area (Å²) in [6, 6.07) is 7.31. The lowest BCUT2D eigenvalue weighted by Gasteiger charge is -2.20. The second-order valence-corrected chi connectivity index (χ2v) is 10.7. The number of aryl methyl sites for hydroxylation is 1. The van der Waals surface area contributed by atoms with E-state index in [1.54, 1.807) is 28.9 Å². The molecule has 9 heteroatoms. The third kappa shape index (κ3) is 3.55. The summed E-state index contributed by atoms with van der Waals surface area (Å²) in [5.41, 5.74) is 1.83. The fraction of sp³-hybridized carbons (Fsp3) is 0.333. The van der Waals surface area contributed by atoms with Crippen molar-refractivity contribution in [3.63, 3.8) is 0 Å². The van der Waals surface area contributed by atoms with Gasteiger partial charge < -0.3 is 4.42 Å². The van der Waals surface area contributed by atoms with Crippen molar-refractivity contribution in [1.29, 1.82) is 0 Å². The minimum Gasteiger partial charge on any atom is -0.467 e. The first-order chi connectivity index (χ1) is 16.1. The van der Waals surface area contributed by atoms with Gasteiger partial charge in [0.2, 0.25) is 0 Å². The Balaban J connectivity index is 1.34. The highest BCUT2D eigenvalue weighted by Crippen LogP contribution is 2.36. The number of rotatable bonds is 4. The van der Waals surface area contributed by atoms with Crippen LogP contribution in [-0.4, -0.2) is 26.2 Å². The van der Waals surface area contributed by atoms with Gasteiger partial charge in [0.1, 0.15) is 23.2 Å². The zero-order valence-corrected chi connectivity index (χ0v) is 19.7. The lowest BCUT2D eigenvalue weighted by Crippen LogP contribution is -2.34. The molecule has 168 valence electrons. The molecular formula is C24H22N4O3S2. The number of thiophene rings is 2. The number of amides is 1. The monoisotopic (exact) mass is 478 g/mol. The predicted molar refractivity (Wildman–Crippen MR) is 129 cm³/mol. The minimum atomic E-state index is -0.326. The van der Waals surface area contributed by atoms with E-state index in [4.69, 9.17) is 4.42 Å². The molecule has 1 aliphatic carbocycles. The SMILES string of the molecule is CC1CCc2c(sc3ncn(CC(=O)N4N=C(c5cccs5)CC4c4ccco4)c(=O)c23)C1. The predicted octanol–water partition coefficient (Wildman–Crippen LogP) is 4.62. The smallest absolute Gasteiger partial charge is 0.263 e. The van der Waals surface area contributed by atoms with Crippen LogP contribution in [0, 0.1) is 5.92 Å². The Kier molecular flexibility index (Phi) is 5.03. The molecule has 4 aromatic rings. The maximum absolute atomic E-state index is 13.4. The van der Waals surface area contributed by atoms with Crippen molar-refractivity contribution in [2.24, 2.45) is 11.0 Å². The van der Waals surface area contributed by atoms with Gasteiger partial charge in [0.15, 0.2) is 0 Å². The lowest BCUT2D eigenvalue weighted by molar-refractivity contribution is -0.134. The molecule has 6 rings (SSSR count). The second kappa shape index (κ2) is 8.07. The number of nitrogens with zero attached hydrogens (tertiary/aromatic N) is 4. The molecule has 0 saturated carbocycles. The zero-order chi connectivity index (χ0) is 22.5. The molecule has 1 amide bonds. The summed E-state index contributed by atoms with van der Waals surface area (Å²) in [5.74, 6) is 1.04. The Morgan fingerprint density at radius 1 is 1.27 bits per heavy atom. The van der Waals surface area contributed by atoms with Crippen molar-refractivity contribution < 1.29 is 9.21 Å². The van der Waals surface area contributed by atoms with Crippen molar-refractivity contribution >= 4 is 44.5 Å². The maximum Gasteiger partial charge on any atom is 0.263 e. The van der Waals surface area contributed by atoms with Gasteiger partial charge in [-0.3, -0.25) is 14.2 Å². The number of hydrogen-bond donors (Lipinski definition) is 0. The van der Waals surface area contributed by atoms with Gasteiger partial charge in [-0.25, -0.2) is 9.99 Å². The van der Waals surface area contributed by atoms with Gasteiger partial charge in [-0.05, 0) is 54.3 Å². The average molecular weight is 479 g/mol. The Morgan fingerprint density at radius 2 is 2.18 bits per heavy atom. The van der Waals surface area contributed by atoms with Crippen LogP contribution in [-0.2, 0) is 24.2 Å². The average Bonchev–Trinajstić information content (AvgIpc) is 3.59. The fourth-order valence-corrected chi connectivity index (χ4v) is 6.79. The fourth-order valence-electron chi connectivity index (χ4n) is 4.73. The standard InChI is InChI=1S/C24H22N4O3S2/c1-14-6-7-15-20(10-14)33-23-22(15)24(30)27(13-25-23)12-21(29)28-17(18-4-2-8-31-18)11-16(26-28)19-5-3-9-32-19/h2-5,8-9,13-14,17H,6-7,10-12H2,1H3. The first kappa shape index (κ1) is 20.6. The Morgan fingerprint density at radius 3 is 2.97 bits per heavy atom. The van der Waals surface area contributed by atoms with Crippen LogP contribution in [0.3, 0.4) is 0 Å². The van der Waals surface area contributed by atoms with Gasteiger partial charge in [-0.15, -0.1) is 22.7 Å². The number of furan rings is 1. The summed E-state index contributed by atoms with van der Waals surface area (Å²) < 4.78 is 7.04. The maximum atomic E-state index is 13.4. The van der Waals surface area contributed by atoms with Gasteiger partial charge >= 0.3 is 0 Å². The summed E-state index contributed by atoms with van der Waals surface area (Å²) >= 11 is 3.21. The molecule has 0 saturated heterocycles. The number of hydrazone groups is 1. The minimum absolute atomic E-state index is 0.110. The van der Waals surface area contributed by atoms with Gasteiger partial charge in [0, 0.05) is 11.3 Å². The van der Waals surface area contributed by atoms with E-state index in [-0.39, 0.29) is 24.1 Å². The molecule has 1 aliphatic heterocycles. The largest absolute Gasteiger partial charge is 0.467 e. The molecular weight excluding hydrogens is 456 g/mol. The number of fused-ring (bicyclic) bond motifs is 3. The second-order valence-electron chi connectivity index (χ2n) is 8.71. The molecule has 2 unspecified atom stereocenters. The Bertz CT molecular complexity index is 1420. The van der Waals surface area contributed by atoms with Gasteiger partial charge in [0.25, 0.3) is 11.5 Å². The van der Waals surface area contributed by atoms with Crippen molar-refractivity contribution in [2.45, 2.75) is 45.2 Å². The third-order valence-electron chi connectivity index (χ3n) is 6.43. The summed E-state index contributed by atoms with van der Waals surface area (Å²) in [5, 5.41) is 8.79. The molecule has 0 aromatic carbocycles. The molecule has 2 atom stereocenters. The zero-order valence-electron chi connectivity index (χ0n) is 18.1. The summed E-state index contributed by atoms with van der Waals surface area (Å²) in [4.78, 5) is 34.4. The molecule has 0 N–H and O–H groups in total. The van der Waals surface area contributed by atoms with Crippen LogP contribution in [0.4, 0.5) is 0 Å². The van der Waals surface area contributed by atoms with E-state index in [1.807, 2.05) is 29.6 Å². The van der Waals surface area contributed by atoms with Crippen LogP contribution in [0.2, 0.25) is 0 Å². The number of aromatic nitrogens is 2. The lowest BCUT2D eigenvalue weighted by atomic mass is 9.89. The molecule has 4 aromatic heterocycles. The van der Waals surface area contributed by atoms with E-state index in [1.165, 1.54) is 20.8 Å². The molecule has 0 spiro atoms. The van der Waals surface area contributed by atoms with E-state index in [0.29, 0.717) is 23.5 Å². The molecule has 0 radical (unpaired) electrons. The van der Waals surface area contributed by atoms with E-state index in [0.717, 1.165) is 40.2 Å². The van der Waals surface area contributed by atoms with Crippen LogP contribution >= 0.6 is 22.7 Å². The van der Waals surface area contributed by atoms with Crippen LogP contribution in [0.1, 0.15) is 46.9 Å². The van der Waals surface area contributed by atoms with E-state index >= 15 is 0 Å². The molecule has 5 heterocycles. The van der Waals surface area contributed by atoms with Gasteiger partial charge in [0.05, 0.1) is 28.6 Å². The number of carbonyl (C=O) groups is 1.